The quantitative estimate of drug-likeness (QED) is 0.336. The van der Waals surface area contributed by atoms with Gasteiger partial charge in [-0.3, -0.25) is 4.79 Å². The van der Waals surface area contributed by atoms with Gasteiger partial charge in [-0.05, 0) is 60.0 Å². The number of rotatable bonds is 9. The van der Waals surface area contributed by atoms with E-state index in [4.69, 9.17) is 10.2 Å². The number of hydrogen-bond acceptors (Lipinski definition) is 4. The molecule has 164 valence electrons. The van der Waals surface area contributed by atoms with E-state index in [1.165, 1.54) is 0 Å². The van der Waals surface area contributed by atoms with E-state index in [9.17, 15) is 9.90 Å². The Morgan fingerprint density at radius 2 is 1.66 bits per heavy atom. The van der Waals surface area contributed by atoms with Crippen LogP contribution < -0.4 is 11.1 Å². The van der Waals surface area contributed by atoms with Gasteiger partial charge in [0.05, 0.1) is 23.9 Å². The van der Waals surface area contributed by atoms with E-state index in [2.05, 4.69) is 59.0 Å². The van der Waals surface area contributed by atoms with Crippen LogP contribution in [-0.2, 0) is 15.8 Å². The summed E-state index contributed by atoms with van der Waals surface area (Å²) < 4.78 is 6.73. The minimum atomic E-state index is -1.91. The maximum Gasteiger partial charge on any atom is 0.306 e. The summed E-state index contributed by atoms with van der Waals surface area (Å²) in [5.74, 6) is -0.874. The molecule has 0 amide bonds. The lowest BCUT2D eigenvalue weighted by molar-refractivity contribution is -0.142. The van der Waals surface area contributed by atoms with Crippen molar-refractivity contribution in [3.05, 3.63) is 23.8 Å². The van der Waals surface area contributed by atoms with Crippen LogP contribution in [0.4, 0.5) is 11.4 Å². The van der Waals surface area contributed by atoms with Gasteiger partial charge in [-0.15, -0.1) is 0 Å². The van der Waals surface area contributed by atoms with Gasteiger partial charge in [0.25, 0.3) is 0 Å². The molecule has 6 heteroatoms. The van der Waals surface area contributed by atoms with E-state index in [0.29, 0.717) is 23.2 Å². The molecule has 0 unspecified atom stereocenters. The van der Waals surface area contributed by atoms with Crippen LogP contribution in [0.25, 0.3) is 0 Å². The lowest BCUT2D eigenvalue weighted by Gasteiger charge is -2.42. The van der Waals surface area contributed by atoms with Crippen LogP contribution in [0.2, 0.25) is 16.6 Å². The fourth-order valence-electron chi connectivity index (χ4n) is 5.23. The molecule has 0 saturated heterocycles. The summed E-state index contributed by atoms with van der Waals surface area (Å²) in [5, 5.41) is 12.7. The van der Waals surface area contributed by atoms with Gasteiger partial charge >= 0.3 is 5.97 Å². The number of anilines is 2. The first-order valence-electron chi connectivity index (χ1n) is 11.1. The average molecular weight is 421 g/mol. The highest BCUT2D eigenvalue weighted by atomic mass is 28.4. The number of nitrogens with one attached hydrogen (secondary N) is 1. The van der Waals surface area contributed by atoms with Crippen LogP contribution in [0.15, 0.2) is 18.2 Å². The first-order valence-corrected chi connectivity index (χ1v) is 13.2. The molecule has 0 radical (unpaired) electrons. The van der Waals surface area contributed by atoms with Crippen molar-refractivity contribution in [2.24, 2.45) is 5.92 Å². The zero-order valence-corrected chi connectivity index (χ0v) is 20.0. The molecule has 1 fully saturated rings. The molecule has 5 nitrogen and oxygen atoms in total. The number of carbonyl (C=O) groups is 1. The Bertz CT molecular complexity index is 661. The van der Waals surface area contributed by atoms with E-state index in [0.717, 1.165) is 42.6 Å². The highest BCUT2D eigenvalue weighted by Crippen LogP contribution is 2.43. The van der Waals surface area contributed by atoms with Gasteiger partial charge in [-0.1, -0.05) is 47.6 Å². The third kappa shape index (κ3) is 5.54. The minimum absolute atomic E-state index is 0.202. The van der Waals surface area contributed by atoms with Crippen LogP contribution >= 0.6 is 0 Å². The van der Waals surface area contributed by atoms with E-state index in [1.54, 1.807) is 0 Å². The monoisotopic (exact) mass is 420 g/mol. The number of hydrogen-bond donors (Lipinski definition) is 3. The second-order valence-electron chi connectivity index (χ2n) is 9.56. The predicted octanol–water partition coefficient (Wildman–Crippen LogP) is 6.02. The fraction of sp³-hybridized carbons (Fsp3) is 0.696. The van der Waals surface area contributed by atoms with Crippen molar-refractivity contribution in [1.82, 2.24) is 0 Å². The molecular weight excluding hydrogens is 380 g/mol. The Labute approximate surface area is 177 Å². The molecule has 0 aromatic heterocycles. The lowest BCUT2D eigenvalue weighted by Crippen LogP contribution is -2.47. The Morgan fingerprint density at radius 3 is 2.14 bits per heavy atom. The summed E-state index contributed by atoms with van der Waals surface area (Å²) >= 11 is 0. The van der Waals surface area contributed by atoms with Crippen molar-refractivity contribution in [2.45, 2.75) is 96.5 Å². The average Bonchev–Trinajstić information content (AvgIpc) is 2.64. The van der Waals surface area contributed by atoms with Crippen LogP contribution in [0, 0.1) is 5.92 Å². The van der Waals surface area contributed by atoms with E-state index >= 15 is 0 Å². The van der Waals surface area contributed by atoms with Gasteiger partial charge in [0.2, 0.25) is 8.32 Å². The third-order valence-electron chi connectivity index (χ3n) is 6.75. The van der Waals surface area contributed by atoms with Crippen LogP contribution in [0.3, 0.4) is 0 Å². The second kappa shape index (κ2) is 9.98. The molecule has 1 aromatic rings. The number of nitrogen functional groups attached to an aromatic ring is 1. The molecule has 0 aliphatic heterocycles. The number of aliphatic carboxylic acids is 1. The summed E-state index contributed by atoms with van der Waals surface area (Å²) in [4.78, 5) is 11.2. The normalized spacial score (nSPS) is 20.4. The second-order valence-corrected chi connectivity index (χ2v) is 15.0. The molecule has 1 aliphatic carbocycles. The van der Waals surface area contributed by atoms with E-state index in [1.807, 2.05) is 6.07 Å². The van der Waals surface area contributed by atoms with Gasteiger partial charge in [0.1, 0.15) is 0 Å². The van der Waals surface area contributed by atoms with Gasteiger partial charge < -0.3 is 20.6 Å². The molecule has 1 aliphatic rings. The first-order chi connectivity index (χ1) is 13.6. The summed E-state index contributed by atoms with van der Waals surface area (Å²) in [6, 6.07) is 6.40. The van der Waals surface area contributed by atoms with Crippen molar-refractivity contribution in [3.8, 4) is 0 Å². The van der Waals surface area contributed by atoms with Crippen LogP contribution in [0.5, 0.6) is 0 Å². The van der Waals surface area contributed by atoms with Crippen molar-refractivity contribution >= 4 is 25.7 Å². The number of carboxylic acid groups (broad SMARTS) is 1. The fourth-order valence-corrected chi connectivity index (χ4v) is 10.6. The Hall–Kier alpha value is -1.53. The topological polar surface area (TPSA) is 84.6 Å². The number of carboxylic acids is 1. The number of benzene rings is 1. The standard InChI is InChI=1S/C23H40N2O3Si/c1-15(2)29(16(3)4,17(5)6)28-14-18-7-12-21(24)22(13-18)25-20-10-8-19(9-11-20)23(26)27/h7,12-13,15-17,19-20,25H,8-11,14,24H2,1-6H3,(H,26,27). The minimum Gasteiger partial charge on any atom is -0.481 e. The molecule has 1 saturated carbocycles. The van der Waals surface area contributed by atoms with Gasteiger partial charge in [0, 0.05) is 6.04 Å². The van der Waals surface area contributed by atoms with Crippen molar-refractivity contribution in [2.75, 3.05) is 11.1 Å². The summed E-state index contributed by atoms with van der Waals surface area (Å²) in [6.45, 7) is 14.4. The smallest absolute Gasteiger partial charge is 0.306 e. The van der Waals surface area contributed by atoms with Crippen molar-refractivity contribution < 1.29 is 14.3 Å². The van der Waals surface area contributed by atoms with Crippen molar-refractivity contribution in [1.29, 1.82) is 0 Å². The number of nitrogens with two attached hydrogens (primary N) is 1. The summed E-state index contributed by atoms with van der Waals surface area (Å²) in [6.07, 6.45) is 3.17. The molecule has 0 bridgehead atoms. The van der Waals surface area contributed by atoms with E-state index in [-0.39, 0.29) is 12.0 Å². The Balaban J connectivity index is 2.08. The molecule has 2 rings (SSSR count). The zero-order chi connectivity index (χ0) is 21.8. The lowest BCUT2D eigenvalue weighted by atomic mass is 9.86. The summed E-state index contributed by atoms with van der Waals surface area (Å²) in [7, 11) is -1.91. The zero-order valence-electron chi connectivity index (χ0n) is 19.0. The highest BCUT2D eigenvalue weighted by molar-refractivity contribution is 6.77. The van der Waals surface area contributed by atoms with Crippen LogP contribution in [-0.4, -0.2) is 25.4 Å². The van der Waals surface area contributed by atoms with Crippen molar-refractivity contribution in [3.63, 3.8) is 0 Å². The Kier molecular flexibility index (Phi) is 8.17. The molecular formula is C23H40N2O3Si. The van der Waals surface area contributed by atoms with Gasteiger partial charge in [-0.25, -0.2) is 0 Å². The van der Waals surface area contributed by atoms with Gasteiger partial charge in [0.15, 0.2) is 0 Å². The molecule has 0 atom stereocenters. The maximum absolute atomic E-state index is 11.2. The highest BCUT2D eigenvalue weighted by Gasteiger charge is 2.44. The van der Waals surface area contributed by atoms with Crippen LogP contribution in [0.1, 0.15) is 72.8 Å². The molecule has 1 aromatic carbocycles. The summed E-state index contributed by atoms with van der Waals surface area (Å²) in [5.41, 5.74) is 10.7. The third-order valence-corrected chi connectivity index (χ3v) is 12.8. The molecule has 29 heavy (non-hydrogen) atoms. The molecule has 0 heterocycles. The predicted molar refractivity (Wildman–Crippen MR) is 124 cm³/mol. The largest absolute Gasteiger partial charge is 0.481 e. The Morgan fingerprint density at radius 1 is 1.10 bits per heavy atom. The molecule has 0 spiro atoms. The maximum atomic E-state index is 11.2. The van der Waals surface area contributed by atoms with Gasteiger partial charge in [-0.2, -0.15) is 0 Å². The molecule has 4 N–H and O–H groups in total. The van der Waals surface area contributed by atoms with E-state index < -0.39 is 14.3 Å². The SMILES string of the molecule is CC(C)[Si](OCc1ccc(N)c(NC2CCC(C(=O)O)CC2)c1)(C(C)C)C(C)C. The first kappa shape index (κ1) is 23.7.